The molecule has 0 amide bonds. The van der Waals surface area contributed by atoms with Crippen LogP contribution in [0, 0.1) is 5.92 Å². The smallest absolute Gasteiger partial charge is 0.338 e. The van der Waals surface area contributed by atoms with Gasteiger partial charge >= 0.3 is 5.97 Å². The van der Waals surface area contributed by atoms with E-state index in [1.165, 1.54) is 32.1 Å². The predicted molar refractivity (Wildman–Crippen MR) is 82.1 cm³/mol. The SMILES string of the molecule is CCOC(=O)c1cccc(NC2CCC(CC)CC2)c1. The zero-order chi connectivity index (χ0) is 14.4. The minimum Gasteiger partial charge on any atom is -0.462 e. The van der Waals surface area contributed by atoms with Crippen molar-refractivity contribution >= 4 is 11.7 Å². The van der Waals surface area contributed by atoms with Crippen LogP contribution in [0.1, 0.15) is 56.3 Å². The van der Waals surface area contributed by atoms with E-state index in [2.05, 4.69) is 12.2 Å². The van der Waals surface area contributed by atoms with Gasteiger partial charge in [-0.05, 0) is 56.7 Å². The molecule has 0 bridgehead atoms. The molecule has 20 heavy (non-hydrogen) atoms. The van der Waals surface area contributed by atoms with E-state index in [1.54, 1.807) is 6.07 Å². The Kier molecular flexibility index (Phi) is 5.45. The van der Waals surface area contributed by atoms with Crippen LogP contribution in [0.25, 0.3) is 0 Å². The predicted octanol–water partition coefficient (Wildman–Crippen LogP) is 4.24. The van der Waals surface area contributed by atoms with E-state index in [4.69, 9.17) is 4.74 Å². The first-order valence-corrected chi connectivity index (χ1v) is 7.76. The van der Waals surface area contributed by atoms with Crippen LogP contribution >= 0.6 is 0 Å². The Labute approximate surface area is 121 Å². The molecule has 0 heterocycles. The van der Waals surface area contributed by atoms with Crippen LogP contribution in [0.2, 0.25) is 0 Å². The number of hydrogen-bond donors (Lipinski definition) is 1. The first-order chi connectivity index (χ1) is 9.72. The number of esters is 1. The number of anilines is 1. The molecule has 0 spiro atoms. The Morgan fingerprint density at radius 1 is 1.25 bits per heavy atom. The Bertz CT molecular complexity index is 436. The topological polar surface area (TPSA) is 38.3 Å². The van der Waals surface area contributed by atoms with Gasteiger partial charge in [0.1, 0.15) is 0 Å². The second kappa shape index (κ2) is 7.32. The van der Waals surface area contributed by atoms with Crippen molar-refractivity contribution in [2.45, 2.75) is 52.0 Å². The normalized spacial score (nSPS) is 22.3. The average Bonchev–Trinajstić information content (AvgIpc) is 2.48. The number of carbonyl (C=O) groups excluding carboxylic acids is 1. The molecule has 1 aromatic carbocycles. The number of nitrogens with one attached hydrogen (secondary N) is 1. The van der Waals surface area contributed by atoms with Gasteiger partial charge < -0.3 is 10.1 Å². The number of hydrogen-bond acceptors (Lipinski definition) is 3. The second-order valence-electron chi connectivity index (χ2n) is 5.57. The zero-order valence-electron chi connectivity index (χ0n) is 12.5. The molecular formula is C17H25NO2. The van der Waals surface area contributed by atoms with Crippen molar-refractivity contribution in [3.05, 3.63) is 29.8 Å². The third kappa shape index (κ3) is 3.99. The van der Waals surface area contributed by atoms with Gasteiger partial charge in [-0.2, -0.15) is 0 Å². The highest BCUT2D eigenvalue weighted by Gasteiger charge is 2.19. The molecule has 1 aliphatic carbocycles. The molecule has 1 saturated carbocycles. The maximum Gasteiger partial charge on any atom is 0.338 e. The van der Waals surface area contributed by atoms with Gasteiger partial charge in [0.05, 0.1) is 12.2 Å². The van der Waals surface area contributed by atoms with Crippen LogP contribution in [0.15, 0.2) is 24.3 Å². The summed E-state index contributed by atoms with van der Waals surface area (Å²) in [4.78, 5) is 11.7. The van der Waals surface area contributed by atoms with Crippen LogP contribution in [-0.4, -0.2) is 18.6 Å². The summed E-state index contributed by atoms with van der Waals surface area (Å²) in [5, 5.41) is 3.56. The van der Waals surface area contributed by atoms with Crippen LogP contribution in [0.5, 0.6) is 0 Å². The van der Waals surface area contributed by atoms with E-state index in [0.717, 1.165) is 11.6 Å². The lowest BCUT2D eigenvalue weighted by Gasteiger charge is -2.29. The summed E-state index contributed by atoms with van der Waals surface area (Å²) in [6.07, 6.45) is 6.37. The molecule has 3 heteroatoms. The lowest BCUT2D eigenvalue weighted by atomic mass is 9.84. The van der Waals surface area contributed by atoms with Crippen LogP contribution in [0.4, 0.5) is 5.69 Å². The summed E-state index contributed by atoms with van der Waals surface area (Å²) in [6.45, 7) is 4.52. The molecule has 0 aliphatic heterocycles. The maximum atomic E-state index is 11.7. The summed E-state index contributed by atoms with van der Waals surface area (Å²) in [5.74, 6) is 0.657. The van der Waals surface area contributed by atoms with Crippen molar-refractivity contribution in [3.8, 4) is 0 Å². The van der Waals surface area contributed by atoms with Crippen molar-refractivity contribution in [2.75, 3.05) is 11.9 Å². The molecule has 3 nitrogen and oxygen atoms in total. The van der Waals surface area contributed by atoms with Crippen molar-refractivity contribution in [2.24, 2.45) is 5.92 Å². The first kappa shape index (κ1) is 14.9. The van der Waals surface area contributed by atoms with Gasteiger partial charge in [0.2, 0.25) is 0 Å². The minimum absolute atomic E-state index is 0.245. The first-order valence-electron chi connectivity index (χ1n) is 7.76. The quantitative estimate of drug-likeness (QED) is 0.817. The lowest BCUT2D eigenvalue weighted by Crippen LogP contribution is -2.25. The molecule has 1 N–H and O–H groups in total. The highest BCUT2D eigenvalue weighted by atomic mass is 16.5. The largest absolute Gasteiger partial charge is 0.462 e. The van der Waals surface area contributed by atoms with E-state index < -0.39 is 0 Å². The maximum absolute atomic E-state index is 11.7. The van der Waals surface area contributed by atoms with Gasteiger partial charge in [-0.15, -0.1) is 0 Å². The molecular weight excluding hydrogens is 250 g/mol. The van der Waals surface area contributed by atoms with Gasteiger partial charge in [-0.25, -0.2) is 4.79 Å². The van der Waals surface area contributed by atoms with Gasteiger partial charge in [0, 0.05) is 11.7 Å². The third-order valence-electron chi connectivity index (χ3n) is 4.17. The monoisotopic (exact) mass is 275 g/mol. The van der Waals surface area contributed by atoms with E-state index in [9.17, 15) is 4.79 Å². The number of ether oxygens (including phenoxy) is 1. The van der Waals surface area contributed by atoms with E-state index >= 15 is 0 Å². The highest BCUT2D eigenvalue weighted by Crippen LogP contribution is 2.28. The van der Waals surface area contributed by atoms with Gasteiger partial charge in [-0.1, -0.05) is 19.4 Å². The van der Waals surface area contributed by atoms with Crippen LogP contribution in [-0.2, 0) is 4.74 Å². The fourth-order valence-electron chi connectivity index (χ4n) is 2.90. The highest BCUT2D eigenvalue weighted by molar-refractivity contribution is 5.90. The Balaban J connectivity index is 1.93. The van der Waals surface area contributed by atoms with E-state index in [-0.39, 0.29) is 5.97 Å². The fourth-order valence-corrected chi connectivity index (χ4v) is 2.90. The number of rotatable bonds is 5. The number of benzene rings is 1. The molecule has 0 radical (unpaired) electrons. The molecule has 1 aromatic rings. The van der Waals surface area contributed by atoms with Crippen LogP contribution in [0.3, 0.4) is 0 Å². The summed E-state index contributed by atoms with van der Waals surface area (Å²) in [6, 6.07) is 8.16. The Morgan fingerprint density at radius 2 is 2.00 bits per heavy atom. The molecule has 0 atom stereocenters. The molecule has 110 valence electrons. The lowest BCUT2D eigenvalue weighted by molar-refractivity contribution is 0.0526. The Morgan fingerprint density at radius 3 is 2.65 bits per heavy atom. The summed E-state index contributed by atoms with van der Waals surface area (Å²) < 4.78 is 5.03. The molecule has 2 rings (SSSR count). The number of carbonyl (C=O) groups is 1. The van der Waals surface area contributed by atoms with Crippen molar-refractivity contribution < 1.29 is 9.53 Å². The summed E-state index contributed by atoms with van der Waals surface area (Å²) in [5.41, 5.74) is 1.65. The molecule has 1 aliphatic rings. The zero-order valence-corrected chi connectivity index (χ0v) is 12.5. The average molecular weight is 275 g/mol. The summed E-state index contributed by atoms with van der Waals surface area (Å²) >= 11 is 0. The van der Waals surface area contributed by atoms with E-state index in [0.29, 0.717) is 18.2 Å². The second-order valence-corrected chi connectivity index (χ2v) is 5.57. The summed E-state index contributed by atoms with van der Waals surface area (Å²) in [7, 11) is 0. The third-order valence-corrected chi connectivity index (χ3v) is 4.17. The van der Waals surface area contributed by atoms with Crippen molar-refractivity contribution in [1.82, 2.24) is 0 Å². The van der Waals surface area contributed by atoms with Crippen LogP contribution < -0.4 is 5.32 Å². The van der Waals surface area contributed by atoms with E-state index in [1.807, 2.05) is 25.1 Å². The van der Waals surface area contributed by atoms with Crippen molar-refractivity contribution in [3.63, 3.8) is 0 Å². The van der Waals surface area contributed by atoms with Gasteiger partial charge in [0.25, 0.3) is 0 Å². The molecule has 0 aromatic heterocycles. The minimum atomic E-state index is -0.245. The molecule has 0 saturated heterocycles. The fraction of sp³-hybridized carbons (Fsp3) is 0.588. The standard InChI is InChI=1S/C17H25NO2/c1-3-13-8-10-15(11-9-13)18-16-7-5-6-14(12-16)17(19)20-4-2/h5-7,12-13,15,18H,3-4,8-11H2,1-2H3. The van der Waals surface area contributed by atoms with Gasteiger partial charge in [0.15, 0.2) is 0 Å². The van der Waals surface area contributed by atoms with Gasteiger partial charge in [-0.3, -0.25) is 0 Å². The molecule has 1 fully saturated rings. The molecule has 0 unspecified atom stereocenters. The van der Waals surface area contributed by atoms with Crippen molar-refractivity contribution in [1.29, 1.82) is 0 Å². The Hall–Kier alpha value is -1.51.